The van der Waals surface area contributed by atoms with E-state index in [2.05, 4.69) is 16.0 Å². The van der Waals surface area contributed by atoms with Gasteiger partial charge in [-0.15, -0.1) is 11.3 Å². The largest absolute Gasteiger partial charge is 0.486 e. The van der Waals surface area contributed by atoms with E-state index in [4.69, 9.17) is 9.47 Å². The number of aromatic nitrogens is 3. The summed E-state index contributed by atoms with van der Waals surface area (Å²) >= 11 is 1.26. The van der Waals surface area contributed by atoms with Crippen molar-refractivity contribution >= 4 is 28.7 Å². The molecule has 0 aliphatic heterocycles. The Morgan fingerprint density at radius 1 is 1.08 bits per heavy atom. The molecule has 0 aliphatic carbocycles. The molecule has 0 atom stereocenters. The van der Waals surface area contributed by atoms with Crippen molar-refractivity contribution in [2.45, 2.75) is 19.8 Å². The van der Waals surface area contributed by atoms with Gasteiger partial charge in [-0.25, -0.2) is 9.97 Å². The van der Waals surface area contributed by atoms with Gasteiger partial charge in [-0.05, 0) is 36.4 Å². The Morgan fingerprint density at radius 3 is 2.73 bits per heavy atom. The minimum absolute atomic E-state index is 0.0633. The number of hydrogen-bond acceptors (Lipinski definition) is 7. The molecular formula is C27H18F2N4O3S. The number of ether oxygens (including phenoxy) is 2. The summed E-state index contributed by atoms with van der Waals surface area (Å²) in [5, 5.41) is 11.6. The average Bonchev–Trinajstić information content (AvgIpc) is 3.53. The number of thiazole rings is 1. The van der Waals surface area contributed by atoms with Crippen molar-refractivity contribution in [3.05, 3.63) is 94.1 Å². The van der Waals surface area contributed by atoms with E-state index in [-0.39, 0.29) is 18.9 Å². The maximum atomic E-state index is 13.0. The molecule has 0 bridgehead atoms. The molecule has 37 heavy (non-hydrogen) atoms. The minimum atomic E-state index is -2.96. The van der Waals surface area contributed by atoms with Crippen molar-refractivity contribution < 1.29 is 23.0 Å². The van der Waals surface area contributed by atoms with E-state index in [1.165, 1.54) is 17.4 Å². The first-order valence-corrected chi connectivity index (χ1v) is 12.0. The van der Waals surface area contributed by atoms with Gasteiger partial charge in [-0.3, -0.25) is 4.79 Å². The maximum absolute atomic E-state index is 13.0. The number of para-hydroxylation sites is 1. The average molecular weight is 517 g/mol. The van der Waals surface area contributed by atoms with Gasteiger partial charge >= 0.3 is 6.61 Å². The Bertz CT molecular complexity index is 1620. The van der Waals surface area contributed by atoms with Crippen LogP contribution in [-0.2, 0) is 13.2 Å². The molecule has 2 aromatic heterocycles. The van der Waals surface area contributed by atoms with Crippen LogP contribution in [0.4, 0.5) is 8.78 Å². The van der Waals surface area contributed by atoms with Crippen LogP contribution in [0.2, 0.25) is 0 Å². The number of rotatable bonds is 9. The number of carbonyl (C=O) groups excluding carboxylic acids is 1. The van der Waals surface area contributed by atoms with E-state index in [0.29, 0.717) is 50.7 Å². The Kier molecular flexibility index (Phi) is 6.87. The number of alkyl halides is 2. The molecule has 3 aromatic carbocycles. The minimum Gasteiger partial charge on any atom is -0.486 e. The van der Waals surface area contributed by atoms with Crippen LogP contribution in [0.5, 0.6) is 11.5 Å². The third kappa shape index (κ3) is 5.32. The van der Waals surface area contributed by atoms with Gasteiger partial charge in [0.25, 0.3) is 0 Å². The Morgan fingerprint density at radius 2 is 1.95 bits per heavy atom. The lowest BCUT2D eigenvalue weighted by atomic mass is 10.1. The van der Waals surface area contributed by atoms with E-state index >= 15 is 0 Å². The highest BCUT2D eigenvalue weighted by Crippen LogP contribution is 2.28. The smallest absolute Gasteiger partial charge is 0.387 e. The maximum Gasteiger partial charge on any atom is 0.387 e. The molecule has 10 heteroatoms. The first kappa shape index (κ1) is 24.1. The highest BCUT2D eigenvalue weighted by Gasteiger charge is 2.16. The number of benzene rings is 3. The second kappa shape index (κ2) is 10.6. The van der Waals surface area contributed by atoms with E-state index in [1.807, 2.05) is 22.8 Å². The molecule has 0 aliphatic rings. The molecule has 0 N–H and O–H groups in total. The second-order valence-corrected chi connectivity index (χ2v) is 8.81. The third-order valence-corrected chi connectivity index (χ3v) is 6.36. The van der Waals surface area contributed by atoms with E-state index in [1.54, 1.807) is 47.8 Å². The van der Waals surface area contributed by atoms with Gasteiger partial charge in [0.15, 0.2) is 11.3 Å². The van der Waals surface area contributed by atoms with Crippen LogP contribution in [0.1, 0.15) is 26.8 Å². The topological polar surface area (TPSA) is 90.0 Å². The van der Waals surface area contributed by atoms with Crippen LogP contribution in [0.25, 0.3) is 22.3 Å². The molecular weight excluding hydrogens is 498 g/mol. The monoisotopic (exact) mass is 516 g/mol. The predicted octanol–water partition coefficient (Wildman–Crippen LogP) is 6.07. The molecule has 0 radical (unpaired) electrons. The number of aldehydes is 1. The van der Waals surface area contributed by atoms with E-state index < -0.39 is 6.61 Å². The van der Waals surface area contributed by atoms with Gasteiger partial charge in [0.05, 0.1) is 34.9 Å². The zero-order valence-electron chi connectivity index (χ0n) is 19.2. The molecule has 0 spiro atoms. The fourth-order valence-corrected chi connectivity index (χ4v) is 4.54. The second-order valence-electron chi connectivity index (χ2n) is 7.92. The zero-order chi connectivity index (χ0) is 25.8. The van der Waals surface area contributed by atoms with Gasteiger partial charge in [-0.1, -0.05) is 30.3 Å². The normalized spacial score (nSPS) is 11.0. The predicted molar refractivity (Wildman–Crippen MR) is 134 cm³/mol. The van der Waals surface area contributed by atoms with Gasteiger partial charge < -0.3 is 14.0 Å². The highest BCUT2D eigenvalue weighted by atomic mass is 32.1. The standard InChI is InChI=1S/C27H18F2N4O3S/c28-27(29)36-24-7-2-1-4-19(24)13-33-23-10-17(12-30)8-9-21(23)31-25(33)15-35-20-6-3-5-18(11-20)22-16-37-26(14-34)32-22/h1-11,14,16,27H,13,15H2. The highest BCUT2D eigenvalue weighted by molar-refractivity contribution is 7.11. The summed E-state index contributed by atoms with van der Waals surface area (Å²) in [6.45, 7) is -2.70. The fraction of sp³-hybridized carbons (Fsp3) is 0.111. The molecule has 0 saturated carbocycles. The summed E-state index contributed by atoms with van der Waals surface area (Å²) in [4.78, 5) is 19.9. The SMILES string of the molecule is N#Cc1ccc2nc(COc3cccc(-c4csc(C=O)n4)c3)n(Cc3ccccc3OC(F)F)c2c1. The van der Waals surface area contributed by atoms with Crippen molar-refractivity contribution in [2.75, 3.05) is 0 Å². The molecule has 0 amide bonds. The number of nitrogens with zero attached hydrogens (tertiary/aromatic N) is 4. The van der Waals surface area contributed by atoms with Crippen LogP contribution in [0, 0.1) is 11.3 Å². The van der Waals surface area contributed by atoms with Crippen molar-refractivity contribution in [3.63, 3.8) is 0 Å². The number of imidazole rings is 1. The third-order valence-electron chi connectivity index (χ3n) is 5.59. The van der Waals surface area contributed by atoms with Crippen LogP contribution in [0.3, 0.4) is 0 Å². The van der Waals surface area contributed by atoms with Gasteiger partial charge in [0, 0.05) is 16.5 Å². The lowest BCUT2D eigenvalue weighted by molar-refractivity contribution is -0.0504. The molecule has 0 unspecified atom stereocenters. The number of hydrogen-bond donors (Lipinski definition) is 0. The molecule has 184 valence electrons. The number of carbonyl (C=O) groups is 1. The van der Waals surface area contributed by atoms with Crippen molar-refractivity contribution in [1.82, 2.24) is 14.5 Å². The molecule has 2 heterocycles. The van der Waals surface area contributed by atoms with Crippen LogP contribution < -0.4 is 9.47 Å². The Labute approximate surface area is 214 Å². The summed E-state index contributed by atoms with van der Waals surface area (Å²) < 4.78 is 38.5. The van der Waals surface area contributed by atoms with Crippen molar-refractivity contribution in [2.24, 2.45) is 0 Å². The van der Waals surface area contributed by atoms with E-state index in [0.717, 1.165) is 5.56 Å². The summed E-state index contributed by atoms with van der Waals surface area (Å²) in [7, 11) is 0. The summed E-state index contributed by atoms with van der Waals surface area (Å²) in [5.41, 5.74) is 3.76. The number of fused-ring (bicyclic) bond motifs is 1. The lowest BCUT2D eigenvalue weighted by Gasteiger charge is -2.14. The number of nitriles is 1. The summed E-state index contributed by atoms with van der Waals surface area (Å²) in [6, 6.07) is 21.1. The van der Waals surface area contributed by atoms with Crippen molar-refractivity contribution in [1.29, 1.82) is 5.26 Å². The Balaban J connectivity index is 1.47. The van der Waals surface area contributed by atoms with Crippen LogP contribution in [0.15, 0.2) is 72.1 Å². The van der Waals surface area contributed by atoms with Crippen LogP contribution in [-0.4, -0.2) is 27.4 Å². The lowest BCUT2D eigenvalue weighted by Crippen LogP contribution is -2.11. The molecule has 7 nitrogen and oxygen atoms in total. The first-order chi connectivity index (χ1) is 18.0. The van der Waals surface area contributed by atoms with Crippen LogP contribution >= 0.6 is 11.3 Å². The van der Waals surface area contributed by atoms with Crippen molar-refractivity contribution in [3.8, 4) is 28.8 Å². The van der Waals surface area contributed by atoms with Gasteiger partial charge in [0.1, 0.15) is 23.9 Å². The first-order valence-electron chi connectivity index (χ1n) is 11.1. The van der Waals surface area contributed by atoms with Gasteiger partial charge in [-0.2, -0.15) is 14.0 Å². The van der Waals surface area contributed by atoms with E-state index in [9.17, 15) is 18.8 Å². The number of halogens is 2. The quantitative estimate of drug-likeness (QED) is 0.221. The molecule has 5 rings (SSSR count). The molecule has 5 aromatic rings. The fourth-order valence-electron chi connectivity index (χ4n) is 3.91. The molecule has 0 saturated heterocycles. The van der Waals surface area contributed by atoms with Gasteiger partial charge in [0.2, 0.25) is 0 Å². The molecule has 0 fully saturated rings. The Hall–Kier alpha value is -4.62. The summed E-state index contributed by atoms with van der Waals surface area (Å²) in [5.74, 6) is 1.17. The zero-order valence-corrected chi connectivity index (χ0v) is 20.0. The summed E-state index contributed by atoms with van der Waals surface area (Å²) in [6.07, 6.45) is 0.710.